The van der Waals surface area contributed by atoms with E-state index in [1.807, 2.05) is 6.92 Å². The summed E-state index contributed by atoms with van der Waals surface area (Å²) < 4.78 is 36.8. The van der Waals surface area contributed by atoms with E-state index in [-0.39, 0.29) is 11.9 Å². The normalized spacial score (nSPS) is 12.5. The van der Waals surface area contributed by atoms with E-state index < -0.39 is 11.9 Å². The number of aryl methyl sites for hydroxylation is 1. The van der Waals surface area contributed by atoms with Crippen molar-refractivity contribution < 1.29 is 18.0 Å². The minimum Gasteiger partial charge on any atom is -0.362 e. The van der Waals surface area contributed by atoms with E-state index in [0.717, 1.165) is 5.56 Å². The molecule has 2 aromatic rings. The quantitative estimate of drug-likeness (QED) is 0.674. The summed E-state index contributed by atoms with van der Waals surface area (Å²) in [6.45, 7) is 5.39. The number of halogens is 3. The van der Waals surface area contributed by atoms with Gasteiger partial charge in [-0.25, -0.2) is 15.0 Å². The number of nitrogens with one attached hydrogen (secondary N) is 2. The van der Waals surface area contributed by atoms with Crippen LogP contribution in [0.2, 0.25) is 0 Å². The Kier molecular flexibility index (Phi) is 7.00. The number of nitrogens with zero attached hydrogens (tertiary/aromatic N) is 3. The first-order valence-corrected chi connectivity index (χ1v) is 9.22. The number of rotatable bonds is 7. The van der Waals surface area contributed by atoms with Crippen molar-refractivity contribution in [2.45, 2.75) is 44.4 Å². The molecule has 146 valence electrons. The van der Waals surface area contributed by atoms with Crippen LogP contribution in [0.1, 0.15) is 37.6 Å². The molecule has 0 aliphatic heterocycles. The average Bonchev–Trinajstić information content (AvgIpc) is 2.62. The van der Waals surface area contributed by atoms with Crippen molar-refractivity contribution in [2.24, 2.45) is 0 Å². The van der Waals surface area contributed by atoms with E-state index in [0.29, 0.717) is 40.5 Å². The maximum Gasteiger partial charge on any atom is 0.398 e. The van der Waals surface area contributed by atoms with Crippen LogP contribution in [0.25, 0.3) is 0 Å². The van der Waals surface area contributed by atoms with Gasteiger partial charge >= 0.3 is 6.18 Å². The zero-order chi connectivity index (χ0) is 20.0. The van der Waals surface area contributed by atoms with Gasteiger partial charge in [0.25, 0.3) is 0 Å². The summed E-state index contributed by atoms with van der Waals surface area (Å²) in [7, 11) is 0. The molecule has 1 amide bonds. The number of thioether (sulfide) groups is 1. The van der Waals surface area contributed by atoms with Crippen LogP contribution in [0.4, 0.5) is 24.8 Å². The van der Waals surface area contributed by atoms with Crippen molar-refractivity contribution in [2.75, 3.05) is 16.4 Å². The molecular formula is C17H20F3N5OS. The van der Waals surface area contributed by atoms with Crippen LogP contribution >= 0.6 is 11.8 Å². The van der Waals surface area contributed by atoms with Gasteiger partial charge in [0.05, 0.1) is 28.7 Å². The van der Waals surface area contributed by atoms with Crippen molar-refractivity contribution in [1.29, 1.82) is 0 Å². The maximum absolute atomic E-state index is 12.3. The lowest BCUT2D eigenvalue weighted by Gasteiger charge is -2.16. The van der Waals surface area contributed by atoms with E-state index in [9.17, 15) is 18.0 Å². The summed E-state index contributed by atoms with van der Waals surface area (Å²) in [6.07, 6.45) is -0.874. The average molecular weight is 399 g/mol. The molecule has 2 N–H and O–H groups in total. The number of hydrogen-bond donors (Lipinski definition) is 2. The van der Waals surface area contributed by atoms with Crippen LogP contribution in [0.5, 0.6) is 0 Å². The lowest BCUT2D eigenvalue weighted by molar-refractivity contribution is -0.116. The predicted octanol–water partition coefficient (Wildman–Crippen LogP) is 4.36. The number of pyridine rings is 1. The SMILES string of the molecule is CCC(=O)Nc1cnc(NC(C)c2ccc(SCC(F)(F)F)nc2)c(C)n1. The number of anilines is 2. The number of carbonyl (C=O) groups excluding carboxylic acids is 1. The van der Waals surface area contributed by atoms with Crippen LogP contribution in [0.3, 0.4) is 0 Å². The molecule has 0 spiro atoms. The zero-order valence-corrected chi connectivity index (χ0v) is 15.9. The van der Waals surface area contributed by atoms with Gasteiger partial charge in [0, 0.05) is 12.6 Å². The Morgan fingerprint density at radius 3 is 2.56 bits per heavy atom. The fourth-order valence-electron chi connectivity index (χ4n) is 2.09. The molecule has 0 radical (unpaired) electrons. The van der Waals surface area contributed by atoms with Gasteiger partial charge in [0.15, 0.2) is 5.82 Å². The third kappa shape index (κ3) is 6.70. The molecule has 6 nitrogen and oxygen atoms in total. The molecule has 0 aromatic carbocycles. The Morgan fingerprint density at radius 2 is 2.00 bits per heavy atom. The summed E-state index contributed by atoms with van der Waals surface area (Å²) in [4.78, 5) is 24.0. The van der Waals surface area contributed by atoms with E-state index in [4.69, 9.17) is 0 Å². The minimum atomic E-state index is -4.22. The monoisotopic (exact) mass is 399 g/mol. The number of aromatic nitrogens is 3. The largest absolute Gasteiger partial charge is 0.398 e. The van der Waals surface area contributed by atoms with Gasteiger partial charge in [-0.1, -0.05) is 24.8 Å². The van der Waals surface area contributed by atoms with Crippen LogP contribution in [0, 0.1) is 6.92 Å². The van der Waals surface area contributed by atoms with Gasteiger partial charge < -0.3 is 10.6 Å². The molecule has 1 unspecified atom stereocenters. The molecule has 1 atom stereocenters. The molecule has 0 saturated heterocycles. The van der Waals surface area contributed by atoms with Gasteiger partial charge in [-0.2, -0.15) is 13.2 Å². The minimum absolute atomic E-state index is 0.146. The molecular weight excluding hydrogens is 379 g/mol. The van der Waals surface area contributed by atoms with E-state index in [2.05, 4.69) is 25.6 Å². The number of carbonyl (C=O) groups is 1. The molecule has 0 saturated carbocycles. The Labute approximate surface area is 159 Å². The molecule has 2 rings (SSSR count). The van der Waals surface area contributed by atoms with Gasteiger partial charge in [-0.15, -0.1) is 0 Å². The summed E-state index contributed by atoms with van der Waals surface area (Å²) in [5.41, 5.74) is 1.41. The highest BCUT2D eigenvalue weighted by Gasteiger charge is 2.27. The Morgan fingerprint density at radius 1 is 1.26 bits per heavy atom. The molecule has 0 fully saturated rings. The van der Waals surface area contributed by atoms with Gasteiger partial charge in [0.2, 0.25) is 5.91 Å². The van der Waals surface area contributed by atoms with Crippen LogP contribution in [0.15, 0.2) is 29.6 Å². The second kappa shape index (κ2) is 9.03. The summed E-state index contributed by atoms with van der Waals surface area (Å²) in [5.74, 6) is -0.187. The topological polar surface area (TPSA) is 79.8 Å². The van der Waals surface area contributed by atoms with E-state index in [1.165, 1.54) is 12.4 Å². The van der Waals surface area contributed by atoms with Crippen LogP contribution in [-0.2, 0) is 4.79 Å². The Hall–Kier alpha value is -2.36. The fraction of sp³-hybridized carbons (Fsp3) is 0.412. The lowest BCUT2D eigenvalue weighted by Crippen LogP contribution is -2.14. The van der Waals surface area contributed by atoms with Crippen molar-refractivity contribution in [3.63, 3.8) is 0 Å². The highest BCUT2D eigenvalue weighted by Crippen LogP contribution is 2.27. The van der Waals surface area contributed by atoms with Crippen molar-refractivity contribution in [1.82, 2.24) is 15.0 Å². The second-order valence-electron chi connectivity index (χ2n) is 5.79. The fourth-order valence-corrected chi connectivity index (χ4v) is 2.70. The number of hydrogen-bond acceptors (Lipinski definition) is 6. The Balaban J connectivity index is 2.00. The van der Waals surface area contributed by atoms with Gasteiger partial charge in [-0.3, -0.25) is 4.79 Å². The lowest BCUT2D eigenvalue weighted by atomic mass is 10.1. The molecule has 0 aliphatic carbocycles. The smallest absolute Gasteiger partial charge is 0.362 e. The summed E-state index contributed by atoms with van der Waals surface area (Å²) in [5, 5.41) is 6.14. The summed E-state index contributed by atoms with van der Waals surface area (Å²) >= 11 is 0.649. The van der Waals surface area contributed by atoms with E-state index >= 15 is 0 Å². The molecule has 2 heterocycles. The zero-order valence-electron chi connectivity index (χ0n) is 15.1. The predicted molar refractivity (Wildman–Crippen MR) is 98.7 cm³/mol. The third-order valence-corrected chi connectivity index (χ3v) is 4.54. The molecule has 0 aliphatic rings. The first-order valence-electron chi connectivity index (χ1n) is 8.23. The Bertz CT molecular complexity index is 783. The summed E-state index contributed by atoms with van der Waals surface area (Å²) in [6, 6.07) is 3.11. The second-order valence-corrected chi connectivity index (χ2v) is 6.79. The molecule has 0 bridgehead atoms. The molecule has 10 heteroatoms. The number of alkyl halides is 3. The molecule has 27 heavy (non-hydrogen) atoms. The maximum atomic E-state index is 12.3. The van der Waals surface area contributed by atoms with Crippen LogP contribution < -0.4 is 10.6 Å². The first kappa shape index (κ1) is 20.9. The van der Waals surface area contributed by atoms with Gasteiger partial charge in [0.1, 0.15) is 5.82 Å². The standard InChI is InChI=1S/C17H20F3N5OS/c1-4-14(26)25-13-8-22-16(11(3)23-13)24-10(2)12-5-6-15(21-7-12)27-9-17(18,19)20/h5-8,10H,4,9H2,1-3H3,(H,22,24)(H,23,25,26). The first-order chi connectivity index (χ1) is 12.7. The van der Waals surface area contributed by atoms with Crippen molar-refractivity contribution in [3.05, 3.63) is 35.8 Å². The van der Waals surface area contributed by atoms with Gasteiger partial charge in [-0.05, 0) is 25.5 Å². The molecule has 2 aromatic heterocycles. The van der Waals surface area contributed by atoms with Crippen molar-refractivity contribution in [3.8, 4) is 0 Å². The third-order valence-electron chi connectivity index (χ3n) is 3.53. The highest BCUT2D eigenvalue weighted by molar-refractivity contribution is 7.99. The highest BCUT2D eigenvalue weighted by atomic mass is 32.2. The van der Waals surface area contributed by atoms with Crippen molar-refractivity contribution >= 4 is 29.3 Å². The number of amides is 1. The van der Waals surface area contributed by atoms with E-state index in [1.54, 1.807) is 26.0 Å². The van der Waals surface area contributed by atoms with Crippen LogP contribution in [-0.4, -0.2) is 32.8 Å².